The van der Waals surface area contributed by atoms with Crippen LogP contribution in [-0.4, -0.2) is 39.2 Å². The van der Waals surface area contributed by atoms with Crippen molar-refractivity contribution in [2.45, 2.75) is 0 Å². The van der Waals surface area contributed by atoms with Crippen molar-refractivity contribution < 1.29 is 33.2 Å². The zero-order valence-corrected chi connectivity index (χ0v) is 16.9. The number of carboxylic acid groups (broad SMARTS) is 1. The molecule has 0 radical (unpaired) electrons. The molecule has 1 atom stereocenters. The molecule has 0 aliphatic carbocycles. The van der Waals surface area contributed by atoms with E-state index in [2.05, 4.69) is 0 Å². The SMILES string of the molecule is COc1ccc(-c2cccc(N(c3ccc(C(=O)O)c(O)c3)S(=O)O)c2)cc1OC. The molecular weight excluding hydrogens is 410 g/mol. The molecule has 0 aliphatic rings. The summed E-state index contributed by atoms with van der Waals surface area (Å²) >= 11 is -2.48. The molecule has 9 heteroatoms. The van der Waals surface area contributed by atoms with Gasteiger partial charge in [-0.05, 0) is 47.5 Å². The molecule has 0 heterocycles. The van der Waals surface area contributed by atoms with Gasteiger partial charge in [0.25, 0.3) is 11.3 Å². The van der Waals surface area contributed by atoms with Gasteiger partial charge in [0.1, 0.15) is 11.3 Å². The van der Waals surface area contributed by atoms with Gasteiger partial charge in [-0.25, -0.2) is 13.3 Å². The number of methoxy groups -OCH3 is 2. The Hall–Kier alpha value is -3.56. The van der Waals surface area contributed by atoms with Gasteiger partial charge in [0, 0.05) is 6.07 Å². The number of hydrogen-bond acceptors (Lipinski definition) is 5. The number of anilines is 2. The molecule has 0 aromatic heterocycles. The number of carbonyl (C=O) groups is 1. The summed E-state index contributed by atoms with van der Waals surface area (Å²) < 4.78 is 33.6. The number of ether oxygens (including phenoxy) is 2. The molecule has 0 amide bonds. The van der Waals surface area contributed by atoms with Crippen molar-refractivity contribution >= 4 is 28.6 Å². The van der Waals surface area contributed by atoms with Crippen molar-refractivity contribution in [2.75, 3.05) is 18.5 Å². The minimum absolute atomic E-state index is 0.155. The lowest BCUT2D eigenvalue weighted by Crippen LogP contribution is -2.19. The average molecular weight is 429 g/mol. The molecule has 3 rings (SSSR count). The van der Waals surface area contributed by atoms with Crippen LogP contribution in [0.5, 0.6) is 17.2 Å². The summed E-state index contributed by atoms with van der Waals surface area (Å²) in [6, 6.07) is 15.9. The Morgan fingerprint density at radius 2 is 1.57 bits per heavy atom. The normalized spacial score (nSPS) is 11.6. The lowest BCUT2D eigenvalue weighted by molar-refractivity contribution is 0.0693. The molecule has 0 bridgehead atoms. The quantitative estimate of drug-likeness (QED) is 0.485. The maximum absolute atomic E-state index is 12.1. The summed E-state index contributed by atoms with van der Waals surface area (Å²) in [5, 5.41) is 19.0. The first-order chi connectivity index (χ1) is 14.3. The topological polar surface area (TPSA) is 117 Å². The van der Waals surface area contributed by atoms with Crippen LogP contribution in [0.2, 0.25) is 0 Å². The molecule has 8 nitrogen and oxygen atoms in total. The van der Waals surface area contributed by atoms with Crippen molar-refractivity contribution in [3.05, 3.63) is 66.2 Å². The van der Waals surface area contributed by atoms with Gasteiger partial charge in [0.2, 0.25) is 0 Å². The van der Waals surface area contributed by atoms with Crippen LogP contribution in [0.1, 0.15) is 10.4 Å². The number of nitrogens with zero attached hydrogens (tertiary/aromatic N) is 1. The molecule has 0 spiro atoms. The van der Waals surface area contributed by atoms with Crippen LogP contribution in [0.25, 0.3) is 11.1 Å². The second-order valence-electron chi connectivity index (χ2n) is 6.15. The number of rotatable bonds is 7. The third-order valence-electron chi connectivity index (χ3n) is 4.40. The number of aromatic hydroxyl groups is 1. The van der Waals surface area contributed by atoms with E-state index in [0.29, 0.717) is 17.2 Å². The van der Waals surface area contributed by atoms with Crippen molar-refractivity contribution in [3.8, 4) is 28.4 Å². The fourth-order valence-corrected chi connectivity index (χ4v) is 3.57. The van der Waals surface area contributed by atoms with Crippen LogP contribution in [0.15, 0.2) is 60.7 Å². The second-order valence-corrected chi connectivity index (χ2v) is 6.98. The fraction of sp³-hybridized carbons (Fsp3) is 0.0952. The Kier molecular flexibility index (Phi) is 6.24. The Balaban J connectivity index is 2.05. The molecule has 3 N–H and O–H groups in total. The highest BCUT2D eigenvalue weighted by atomic mass is 32.2. The van der Waals surface area contributed by atoms with Gasteiger partial charge >= 0.3 is 5.97 Å². The van der Waals surface area contributed by atoms with E-state index in [1.807, 2.05) is 12.1 Å². The Bertz CT molecular complexity index is 1120. The molecule has 30 heavy (non-hydrogen) atoms. The van der Waals surface area contributed by atoms with E-state index in [1.54, 1.807) is 30.3 Å². The maximum Gasteiger partial charge on any atom is 0.339 e. The van der Waals surface area contributed by atoms with Crippen molar-refractivity contribution in [3.63, 3.8) is 0 Å². The van der Waals surface area contributed by atoms with Crippen LogP contribution >= 0.6 is 0 Å². The third-order valence-corrected chi connectivity index (χ3v) is 5.13. The molecule has 0 aliphatic heterocycles. The molecule has 1 unspecified atom stereocenters. The van der Waals surface area contributed by atoms with E-state index in [9.17, 15) is 18.7 Å². The van der Waals surface area contributed by atoms with E-state index >= 15 is 0 Å². The maximum atomic E-state index is 12.1. The largest absolute Gasteiger partial charge is 0.507 e. The minimum atomic E-state index is -2.48. The molecule has 0 saturated carbocycles. The fourth-order valence-electron chi connectivity index (χ4n) is 2.98. The molecule has 3 aromatic carbocycles. The van der Waals surface area contributed by atoms with Crippen LogP contribution in [-0.2, 0) is 11.3 Å². The Morgan fingerprint density at radius 1 is 0.900 bits per heavy atom. The number of carboxylic acids is 1. The first-order valence-corrected chi connectivity index (χ1v) is 9.72. The number of benzene rings is 3. The van der Waals surface area contributed by atoms with Gasteiger partial charge in [0.15, 0.2) is 11.5 Å². The molecule has 0 fully saturated rings. The second kappa shape index (κ2) is 8.85. The van der Waals surface area contributed by atoms with Gasteiger partial charge in [0.05, 0.1) is 25.6 Å². The highest BCUT2D eigenvalue weighted by Gasteiger charge is 2.19. The Labute approximate surface area is 175 Å². The zero-order chi connectivity index (χ0) is 21.8. The van der Waals surface area contributed by atoms with Crippen molar-refractivity contribution in [1.82, 2.24) is 0 Å². The van der Waals surface area contributed by atoms with Crippen LogP contribution in [0, 0.1) is 0 Å². The highest BCUT2D eigenvalue weighted by molar-refractivity contribution is 7.81. The predicted octanol–water partition coefficient (Wildman–Crippen LogP) is 4.05. The molecule has 156 valence electrons. The number of aromatic carboxylic acids is 1. The lowest BCUT2D eigenvalue weighted by atomic mass is 10.0. The molecular formula is C21H19NO7S. The zero-order valence-electron chi connectivity index (χ0n) is 16.1. The smallest absolute Gasteiger partial charge is 0.339 e. The number of phenols is 1. The summed E-state index contributed by atoms with van der Waals surface area (Å²) in [7, 11) is 3.07. The molecule has 0 saturated heterocycles. The summed E-state index contributed by atoms with van der Waals surface area (Å²) in [4.78, 5) is 11.1. The van der Waals surface area contributed by atoms with Crippen LogP contribution in [0.3, 0.4) is 0 Å². The summed E-state index contributed by atoms with van der Waals surface area (Å²) in [6.07, 6.45) is 0. The first-order valence-electron chi connectivity index (χ1n) is 8.65. The Morgan fingerprint density at radius 3 is 2.17 bits per heavy atom. The summed E-state index contributed by atoms with van der Waals surface area (Å²) in [5.74, 6) is -0.695. The predicted molar refractivity (Wildman–Crippen MR) is 113 cm³/mol. The van der Waals surface area contributed by atoms with Crippen molar-refractivity contribution in [2.24, 2.45) is 0 Å². The lowest BCUT2D eigenvalue weighted by Gasteiger charge is -2.21. The van der Waals surface area contributed by atoms with E-state index in [0.717, 1.165) is 21.5 Å². The average Bonchev–Trinajstić information content (AvgIpc) is 2.73. The van der Waals surface area contributed by atoms with Crippen LogP contribution < -0.4 is 13.8 Å². The monoisotopic (exact) mass is 429 g/mol. The van der Waals surface area contributed by atoms with E-state index in [4.69, 9.17) is 14.6 Å². The standard InChI is InChI=1S/C21H19NO7S/c1-28-19-9-6-14(11-20(19)29-2)13-4-3-5-15(10-13)22(30(26)27)16-7-8-17(21(24)25)18(23)12-16/h3-12,23H,1-2H3,(H,24,25)(H,26,27). The van der Waals surface area contributed by atoms with Gasteiger partial charge in [-0.1, -0.05) is 18.2 Å². The van der Waals surface area contributed by atoms with Gasteiger partial charge in [-0.3, -0.25) is 4.55 Å². The summed E-state index contributed by atoms with van der Waals surface area (Å²) in [6.45, 7) is 0. The van der Waals surface area contributed by atoms with Gasteiger partial charge < -0.3 is 19.7 Å². The third kappa shape index (κ3) is 4.22. The molecule has 3 aromatic rings. The van der Waals surface area contributed by atoms with E-state index in [-0.39, 0.29) is 11.3 Å². The van der Waals surface area contributed by atoms with Gasteiger partial charge in [-0.2, -0.15) is 0 Å². The number of hydrogen-bond donors (Lipinski definition) is 3. The first kappa shape index (κ1) is 21.2. The van der Waals surface area contributed by atoms with Crippen molar-refractivity contribution in [1.29, 1.82) is 0 Å². The summed E-state index contributed by atoms with van der Waals surface area (Å²) in [5.41, 5.74) is 1.76. The van der Waals surface area contributed by atoms with E-state index in [1.165, 1.54) is 26.4 Å². The van der Waals surface area contributed by atoms with Gasteiger partial charge in [-0.15, -0.1) is 0 Å². The van der Waals surface area contributed by atoms with E-state index < -0.39 is 23.0 Å². The van der Waals surface area contributed by atoms with Crippen LogP contribution in [0.4, 0.5) is 11.4 Å². The minimum Gasteiger partial charge on any atom is -0.507 e. The highest BCUT2D eigenvalue weighted by Crippen LogP contribution is 2.36.